The summed E-state index contributed by atoms with van der Waals surface area (Å²) in [5, 5.41) is 11.8. The average molecular weight is 253 g/mol. The monoisotopic (exact) mass is 253 g/mol. The minimum Gasteiger partial charge on any atom is -0.395 e. The van der Waals surface area contributed by atoms with Crippen molar-refractivity contribution in [3.8, 4) is 0 Å². The lowest BCUT2D eigenvalue weighted by Gasteiger charge is -2.08. The molecule has 0 bridgehead atoms. The van der Waals surface area contributed by atoms with Crippen LogP contribution in [-0.2, 0) is 11.2 Å². The molecule has 0 aliphatic heterocycles. The van der Waals surface area contributed by atoms with Gasteiger partial charge in [0.2, 0.25) is 5.91 Å². The van der Waals surface area contributed by atoms with E-state index in [1.807, 2.05) is 25.1 Å². The molecule has 4 heteroatoms. The minimum absolute atomic E-state index is 0.0335. The molecule has 0 aliphatic rings. The third-order valence-corrected chi connectivity index (χ3v) is 3.48. The van der Waals surface area contributed by atoms with Crippen LogP contribution >= 0.6 is 11.8 Å². The van der Waals surface area contributed by atoms with Gasteiger partial charge in [-0.1, -0.05) is 37.3 Å². The van der Waals surface area contributed by atoms with E-state index in [1.54, 1.807) is 0 Å². The molecule has 0 radical (unpaired) electrons. The topological polar surface area (TPSA) is 49.3 Å². The maximum absolute atomic E-state index is 11.4. The fourth-order valence-electron chi connectivity index (χ4n) is 1.31. The highest BCUT2D eigenvalue weighted by Gasteiger charge is 2.05. The Morgan fingerprint density at radius 3 is 2.76 bits per heavy atom. The zero-order valence-electron chi connectivity index (χ0n) is 10.1. The predicted octanol–water partition coefficient (Wildman–Crippen LogP) is 1.46. The fraction of sp³-hybridized carbons (Fsp3) is 0.462. The third kappa shape index (κ3) is 6.34. The minimum atomic E-state index is 0.0335. The van der Waals surface area contributed by atoms with Crippen molar-refractivity contribution >= 4 is 17.7 Å². The summed E-state index contributed by atoms with van der Waals surface area (Å²) < 4.78 is 0. The van der Waals surface area contributed by atoms with E-state index in [9.17, 15) is 4.79 Å². The molecule has 1 unspecified atom stereocenters. The van der Waals surface area contributed by atoms with Gasteiger partial charge in [-0.15, -0.1) is 11.8 Å². The first-order valence-corrected chi connectivity index (χ1v) is 6.80. The predicted molar refractivity (Wildman–Crippen MR) is 72.2 cm³/mol. The molecule has 1 aromatic rings. The van der Waals surface area contributed by atoms with Crippen molar-refractivity contribution < 1.29 is 9.90 Å². The molecule has 0 fully saturated rings. The van der Waals surface area contributed by atoms with Crippen LogP contribution in [0.15, 0.2) is 30.3 Å². The molecule has 0 spiro atoms. The molecular formula is C13H19NO2S. The van der Waals surface area contributed by atoms with E-state index in [0.29, 0.717) is 12.3 Å². The molecule has 0 aromatic heterocycles. The number of aliphatic hydroxyl groups excluding tert-OH is 1. The summed E-state index contributed by atoms with van der Waals surface area (Å²) in [7, 11) is 0. The van der Waals surface area contributed by atoms with Crippen molar-refractivity contribution in [3.05, 3.63) is 35.9 Å². The molecule has 0 aliphatic carbocycles. The van der Waals surface area contributed by atoms with Gasteiger partial charge in [-0.25, -0.2) is 0 Å². The molecule has 2 N–H and O–H groups in total. The number of thioether (sulfide) groups is 1. The second-order valence-corrected chi connectivity index (χ2v) is 5.32. The van der Waals surface area contributed by atoms with Crippen LogP contribution in [0.2, 0.25) is 0 Å². The van der Waals surface area contributed by atoms with Gasteiger partial charge in [-0.3, -0.25) is 4.79 Å². The number of benzene rings is 1. The van der Waals surface area contributed by atoms with Crippen molar-refractivity contribution in [2.24, 2.45) is 0 Å². The molecule has 3 nitrogen and oxygen atoms in total. The standard InChI is InChI=1S/C13H19NO2S/c1-11(9-15)17-10-13(16)14-8-7-12-5-3-2-4-6-12/h2-6,11,15H,7-10H2,1H3,(H,14,16). The van der Waals surface area contributed by atoms with Gasteiger partial charge in [0.15, 0.2) is 0 Å². The highest BCUT2D eigenvalue weighted by atomic mass is 32.2. The average Bonchev–Trinajstić information content (AvgIpc) is 2.37. The zero-order valence-corrected chi connectivity index (χ0v) is 10.9. The van der Waals surface area contributed by atoms with Crippen molar-refractivity contribution in [1.29, 1.82) is 0 Å². The highest BCUT2D eigenvalue weighted by Crippen LogP contribution is 2.08. The summed E-state index contributed by atoms with van der Waals surface area (Å²) in [6.07, 6.45) is 0.854. The summed E-state index contributed by atoms with van der Waals surface area (Å²) in [6, 6.07) is 10.1. The highest BCUT2D eigenvalue weighted by molar-refractivity contribution is 8.00. The third-order valence-electron chi connectivity index (χ3n) is 2.33. The van der Waals surface area contributed by atoms with E-state index >= 15 is 0 Å². The summed E-state index contributed by atoms with van der Waals surface area (Å²) in [4.78, 5) is 11.4. The molecule has 1 atom stereocenters. The Hall–Kier alpha value is -1.00. The van der Waals surface area contributed by atoms with Crippen molar-refractivity contribution in [1.82, 2.24) is 5.32 Å². The first-order valence-electron chi connectivity index (χ1n) is 5.75. The van der Waals surface area contributed by atoms with E-state index in [0.717, 1.165) is 6.42 Å². The second kappa shape index (κ2) is 8.14. The number of aliphatic hydroxyl groups is 1. The van der Waals surface area contributed by atoms with Gasteiger partial charge in [-0.05, 0) is 12.0 Å². The maximum Gasteiger partial charge on any atom is 0.230 e. The summed E-state index contributed by atoms with van der Waals surface area (Å²) >= 11 is 1.47. The molecule has 0 heterocycles. The number of carbonyl (C=O) groups excluding carboxylic acids is 1. The molecule has 1 rings (SSSR count). The lowest BCUT2D eigenvalue weighted by atomic mass is 10.1. The van der Waals surface area contributed by atoms with Gasteiger partial charge in [0.05, 0.1) is 12.4 Å². The summed E-state index contributed by atoms with van der Waals surface area (Å²) in [6.45, 7) is 2.68. The van der Waals surface area contributed by atoms with Crippen LogP contribution in [0.3, 0.4) is 0 Å². The Kier molecular flexibility index (Phi) is 6.74. The number of hydrogen-bond acceptors (Lipinski definition) is 3. The lowest BCUT2D eigenvalue weighted by molar-refractivity contribution is -0.118. The second-order valence-electron chi connectivity index (χ2n) is 3.89. The van der Waals surface area contributed by atoms with Gasteiger partial charge >= 0.3 is 0 Å². The quantitative estimate of drug-likeness (QED) is 0.773. The molecule has 1 aromatic carbocycles. The molecular weight excluding hydrogens is 234 g/mol. The van der Waals surface area contributed by atoms with Gasteiger partial charge in [-0.2, -0.15) is 0 Å². The van der Waals surface area contributed by atoms with Crippen LogP contribution in [0.1, 0.15) is 12.5 Å². The number of amides is 1. The number of carbonyl (C=O) groups is 1. The first-order chi connectivity index (χ1) is 8.22. The summed E-state index contributed by atoms with van der Waals surface area (Å²) in [5.74, 6) is 0.447. The van der Waals surface area contributed by atoms with Gasteiger partial charge in [0.25, 0.3) is 0 Å². The van der Waals surface area contributed by atoms with Crippen LogP contribution in [0.4, 0.5) is 0 Å². The zero-order chi connectivity index (χ0) is 12.5. The Balaban J connectivity index is 2.12. The molecule has 94 valence electrons. The number of nitrogens with one attached hydrogen (secondary N) is 1. The largest absolute Gasteiger partial charge is 0.395 e. The Labute approximate surface area is 107 Å². The van der Waals surface area contributed by atoms with Crippen LogP contribution in [-0.4, -0.2) is 35.2 Å². The Bertz CT molecular complexity index is 329. The van der Waals surface area contributed by atoms with Crippen LogP contribution in [0, 0.1) is 0 Å². The lowest BCUT2D eigenvalue weighted by Crippen LogP contribution is -2.28. The number of rotatable bonds is 7. The van der Waals surface area contributed by atoms with Gasteiger partial charge in [0.1, 0.15) is 0 Å². The SMILES string of the molecule is CC(CO)SCC(=O)NCCc1ccccc1. The van der Waals surface area contributed by atoms with Crippen LogP contribution in [0.25, 0.3) is 0 Å². The summed E-state index contributed by atoms with van der Waals surface area (Å²) in [5.41, 5.74) is 1.23. The van der Waals surface area contributed by atoms with Gasteiger partial charge < -0.3 is 10.4 Å². The van der Waals surface area contributed by atoms with Crippen molar-refractivity contribution in [2.75, 3.05) is 18.9 Å². The van der Waals surface area contributed by atoms with Crippen LogP contribution < -0.4 is 5.32 Å². The van der Waals surface area contributed by atoms with E-state index < -0.39 is 0 Å². The maximum atomic E-state index is 11.4. The molecule has 17 heavy (non-hydrogen) atoms. The normalized spacial score (nSPS) is 12.1. The fourth-order valence-corrected chi connectivity index (χ4v) is 1.96. The van der Waals surface area contributed by atoms with E-state index in [4.69, 9.17) is 5.11 Å². The molecule has 0 saturated heterocycles. The number of hydrogen-bond donors (Lipinski definition) is 2. The Morgan fingerprint density at radius 1 is 1.41 bits per heavy atom. The first kappa shape index (κ1) is 14.1. The Morgan fingerprint density at radius 2 is 2.12 bits per heavy atom. The van der Waals surface area contributed by atoms with E-state index in [2.05, 4.69) is 17.4 Å². The smallest absolute Gasteiger partial charge is 0.230 e. The van der Waals surface area contributed by atoms with Crippen molar-refractivity contribution in [3.63, 3.8) is 0 Å². The van der Waals surface area contributed by atoms with E-state index in [1.165, 1.54) is 17.3 Å². The van der Waals surface area contributed by atoms with E-state index in [-0.39, 0.29) is 17.8 Å². The molecule has 0 saturated carbocycles. The van der Waals surface area contributed by atoms with Crippen LogP contribution in [0.5, 0.6) is 0 Å². The van der Waals surface area contributed by atoms with Crippen molar-refractivity contribution in [2.45, 2.75) is 18.6 Å². The van der Waals surface area contributed by atoms with Gasteiger partial charge in [0, 0.05) is 11.8 Å². The molecule has 1 amide bonds.